The summed E-state index contributed by atoms with van der Waals surface area (Å²) in [6.07, 6.45) is 81.9. The molecule has 0 aromatic carbocycles. The standard InChI is InChI=1S/C65H104O6/c1-4-7-10-13-16-18-20-22-24-26-28-29-30-31-32-33-34-35-37-38-40-42-44-46-49-52-55-58-64(67)70-61-62(60-69-63(66)57-54-51-48-15-12-9-6-3)71-65(68)59-56-53-50-47-45-43-41-39-36-27-25-23-21-19-17-14-11-8-5-2/h7-8,10-11,16-19,22-25,28-29,31-32,36,39,43,45,50,53,62H,4-6,9,12-15,20-21,26-27,30,33-35,37-38,40-42,44,46-49,51-52,54-61H2,1-3H3/b10-7-,11-8-,18-16-,19-17-,24-22-,25-23-,29-28-,32-31-,39-36-,45-43-,53-50-. The van der Waals surface area contributed by atoms with Crippen molar-refractivity contribution in [1.82, 2.24) is 0 Å². The van der Waals surface area contributed by atoms with Crippen LogP contribution in [0.15, 0.2) is 134 Å². The quantitative estimate of drug-likeness (QED) is 0.0262. The van der Waals surface area contributed by atoms with E-state index in [1.807, 2.05) is 12.2 Å². The predicted molar refractivity (Wildman–Crippen MR) is 306 cm³/mol. The van der Waals surface area contributed by atoms with E-state index in [4.69, 9.17) is 14.2 Å². The molecule has 0 radical (unpaired) electrons. The molecule has 0 aliphatic heterocycles. The lowest BCUT2D eigenvalue weighted by molar-refractivity contribution is -0.166. The second-order valence-electron chi connectivity index (χ2n) is 18.4. The highest BCUT2D eigenvalue weighted by atomic mass is 16.6. The van der Waals surface area contributed by atoms with Crippen LogP contribution in [0.5, 0.6) is 0 Å². The Morgan fingerprint density at radius 3 is 0.915 bits per heavy atom. The molecule has 0 amide bonds. The van der Waals surface area contributed by atoms with Crippen LogP contribution in [0.25, 0.3) is 0 Å². The van der Waals surface area contributed by atoms with Crippen LogP contribution in [-0.4, -0.2) is 37.2 Å². The van der Waals surface area contributed by atoms with Gasteiger partial charge in [-0.3, -0.25) is 14.4 Å². The van der Waals surface area contributed by atoms with E-state index in [-0.39, 0.29) is 31.6 Å². The maximum atomic E-state index is 12.8. The van der Waals surface area contributed by atoms with E-state index in [0.29, 0.717) is 19.3 Å². The van der Waals surface area contributed by atoms with Crippen LogP contribution in [0.4, 0.5) is 0 Å². The Morgan fingerprint density at radius 1 is 0.296 bits per heavy atom. The zero-order valence-electron chi connectivity index (χ0n) is 45.7. The Balaban J connectivity index is 4.28. The third-order valence-corrected chi connectivity index (χ3v) is 11.7. The van der Waals surface area contributed by atoms with E-state index in [9.17, 15) is 14.4 Å². The number of hydrogen-bond acceptors (Lipinski definition) is 6. The van der Waals surface area contributed by atoms with Gasteiger partial charge >= 0.3 is 17.9 Å². The molecule has 0 aromatic heterocycles. The molecule has 0 N–H and O–H groups in total. The fraction of sp³-hybridized carbons (Fsp3) is 0.615. The molecule has 0 spiro atoms. The van der Waals surface area contributed by atoms with Gasteiger partial charge < -0.3 is 14.2 Å². The fourth-order valence-electron chi connectivity index (χ4n) is 7.44. The molecule has 71 heavy (non-hydrogen) atoms. The molecule has 0 bridgehead atoms. The average molecular weight is 982 g/mol. The van der Waals surface area contributed by atoms with E-state index in [1.165, 1.54) is 83.5 Å². The molecule has 0 heterocycles. The molecule has 0 aromatic rings. The lowest BCUT2D eigenvalue weighted by Crippen LogP contribution is -2.30. The lowest BCUT2D eigenvalue weighted by atomic mass is 10.0. The monoisotopic (exact) mass is 981 g/mol. The Hall–Kier alpha value is -4.45. The van der Waals surface area contributed by atoms with Crippen molar-refractivity contribution in [2.45, 2.75) is 245 Å². The highest BCUT2D eigenvalue weighted by Crippen LogP contribution is 2.14. The van der Waals surface area contributed by atoms with Crippen LogP contribution >= 0.6 is 0 Å². The third-order valence-electron chi connectivity index (χ3n) is 11.7. The normalized spacial score (nSPS) is 13.1. The zero-order valence-corrected chi connectivity index (χ0v) is 45.7. The van der Waals surface area contributed by atoms with E-state index < -0.39 is 12.1 Å². The van der Waals surface area contributed by atoms with Crippen LogP contribution in [0.1, 0.15) is 239 Å². The minimum absolute atomic E-state index is 0.112. The van der Waals surface area contributed by atoms with E-state index in [2.05, 4.69) is 142 Å². The molecule has 6 heteroatoms. The minimum atomic E-state index is -0.821. The SMILES string of the molecule is CC/C=C\C/C=C\C/C=C\C/C=C\C/C=C\C/C=C\CCC(=O)OC(COC(=O)CCCCCCCCC)COC(=O)CCCCCCCCCCCCC/C=C\C/C=C\C/C=C\C/C=C\C/C=C\CC. The van der Waals surface area contributed by atoms with Gasteiger partial charge in [0.05, 0.1) is 0 Å². The molecule has 400 valence electrons. The molecule has 0 rings (SSSR count). The summed E-state index contributed by atoms with van der Waals surface area (Å²) in [6, 6.07) is 0. The summed E-state index contributed by atoms with van der Waals surface area (Å²) in [6.45, 7) is 6.29. The number of unbranched alkanes of at least 4 members (excludes halogenated alkanes) is 17. The maximum Gasteiger partial charge on any atom is 0.306 e. The van der Waals surface area contributed by atoms with Crippen LogP contribution < -0.4 is 0 Å². The van der Waals surface area contributed by atoms with Crippen molar-refractivity contribution in [2.24, 2.45) is 0 Å². The van der Waals surface area contributed by atoms with Gasteiger partial charge in [0.2, 0.25) is 0 Å². The summed E-state index contributed by atoms with van der Waals surface area (Å²) in [7, 11) is 0. The van der Waals surface area contributed by atoms with Crippen molar-refractivity contribution in [3.05, 3.63) is 134 Å². The van der Waals surface area contributed by atoms with Crippen molar-refractivity contribution >= 4 is 17.9 Å². The number of ether oxygens (including phenoxy) is 3. The number of hydrogen-bond donors (Lipinski definition) is 0. The number of rotatable bonds is 50. The maximum absolute atomic E-state index is 12.8. The van der Waals surface area contributed by atoms with Crippen molar-refractivity contribution < 1.29 is 28.6 Å². The lowest BCUT2D eigenvalue weighted by Gasteiger charge is -2.18. The highest BCUT2D eigenvalue weighted by Gasteiger charge is 2.19. The molecule has 0 aliphatic rings. The first kappa shape index (κ1) is 66.6. The van der Waals surface area contributed by atoms with Gasteiger partial charge in [-0.2, -0.15) is 0 Å². The molecule has 1 atom stereocenters. The largest absolute Gasteiger partial charge is 0.462 e. The third kappa shape index (κ3) is 56.3. The highest BCUT2D eigenvalue weighted by molar-refractivity contribution is 5.71. The number of carbonyl (C=O) groups is 3. The molecule has 0 aliphatic carbocycles. The van der Waals surface area contributed by atoms with Crippen LogP contribution in [0, 0.1) is 0 Å². The molecule has 0 saturated carbocycles. The first-order chi connectivity index (χ1) is 35.0. The molecule has 1 unspecified atom stereocenters. The molecular weight excluding hydrogens is 877 g/mol. The topological polar surface area (TPSA) is 78.9 Å². The van der Waals surface area contributed by atoms with Gasteiger partial charge in [0, 0.05) is 19.3 Å². The molecule has 0 fully saturated rings. The van der Waals surface area contributed by atoms with Crippen molar-refractivity contribution in [3.8, 4) is 0 Å². The fourth-order valence-corrected chi connectivity index (χ4v) is 7.44. The Bertz CT molecular complexity index is 1550. The summed E-state index contributed by atoms with van der Waals surface area (Å²) >= 11 is 0. The van der Waals surface area contributed by atoms with Crippen molar-refractivity contribution in [2.75, 3.05) is 13.2 Å². The van der Waals surface area contributed by atoms with Crippen molar-refractivity contribution in [3.63, 3.8) is 0 Å². The predicted octanol–water partition coefficient (Wildman–Crippen LogP) is 19.4. The van der Waals surface area contributed by atoms with Gasteiger partial charge in [-0.15, -0.1) is 0 Å². The van der Waals surface area contributed by atoms with Gasteiger partial charge in [0.1, 0.15) is 13.2 Å². The second-order valence-corrected chi connectivity index (χ2v) is 18.4. The van der Waals surface area contributed by atoms with Crippen LogP contribution in [0.3, 0.4) is 0 Å². The molecule has 0 saturated heterocycles. The average Bonchev–Trinajstić information content (AvgIpc) is 3.37. The Labute approximate surface area is 436 Å². The van der Waals surface area contributed by atoms with Crippen LogP contribution in [0.2, 0.25) is 0 Å². The smallest absolute Gasteiger partial charge is 0.306 e. The summed E-state index contributed by atoms with van der Waals surface area (Å²) in [4.78, 5) is 37.9. The zero-order chi connectivity index (χ0) is 51.4. The summed E-state index contributed by atoms with van der Waals surface area (Å²) < 4.78 is 16.7. The first-order valence-electron chi connectivity index (χ1n) is 28.7. The van der Waals surface area contributed by atoms with Gasteiger partial charge in [-0.05, 0) is 103 Å². The number of esters is 3. The number of carbonyl (C=O) groups excluding carboxylic acids is 3. The Kier molecular flexibility index (Phi) is 54.5. The molecule has 6 nitrogen and oxygen atoms in total. The van der Waals surface area contributed by atoms with E-state index >= 15 is 0 Å². The summed E-state index contributed by atoms with van der Waals surface area (Å²) in [5.41, 5.74) is 0. The minimum Gasteiger partial charge on any atom is -0.462 e. The summed E-state index contributed by atoms with van der Waals surface area (Å²) in [5, 5.41) is 0. The molecular formula is C65H104O6. The van der Waals surface area contributed by atoms with E-state index in [1.54, 1.807) is 0 Å². The van der Waals surface area contributed by atoms with Gasteiger partial charge in [-0.25, -0.2) is 0 Å². The summed E-state index contributed by atoms with van der Waals surface area (Å²) in [5.74, 6) is -1.01. The second kappa shape index (κ2) is 58.1. The van der Waals surface area contributed by atoms with Gasteiger partial charge in [0.25, 0.3) is 0 Å². The van der Waals surface area contributed by atoms with Crippen molar-refractivity contribution in [1.29, 1.82) is 0 Å². The van der Waals surface area contributed by atoms with E-state index in [0.717, 1.165) is 109 Å². The number of allylic oxidation sites excluding steroid dienone is 22. The first-order valence-corrected chi connectivity index (χ1v) is 28.7. The Morgan fingerprint density at radius 2 is 0.577 bits per heavy atom. The van der Waals surface area contributed by atoms with Crippen LogP contribution in [-0.2, 0) is 28.6 Å². The van der Waals surface area contributed by atoms with Gasteiger partial charge in [-0.1, -0.05) is 251 Å². The van der Waals surface area contributed by atoms with Gasteiger partial charge in [0.15, 0.2) is 6.10 Å².